The molecule has 0 radical (unpaired) electrons. The summed E-state index contributed by atoms with van der Waals surface area (Å²) in [5.41, 5.74) is -0.588. The van der Waals surface area contributed by atoms with Gasteiger partial charge in [0.15, 0.2) is 5.60 Å². The number of carbonyl (C=O) groups is 1. The lowest BCUT2D eigenvalue weighted by Gasteiger charge is -2.46. The Morgan fingerprint density at radius 2 is 2.00 bits per heavy atom. The van der Waals surface area contributed by atoms with Gasteiger partial charge in [-0.05, 0) is 38.0 Å². The van der Waals surface area contributed by atoms with Crippen LogP contribution in [0.3, 0.4) is 0 Å². The van der Waals surface area contributed by atoms with Crippen molar-refractivity contribution in [2.45, 2.75) is 57.5 Å². The molecule has 2 aliphatic rings. The molecule has 2 aliphatic carbocycles. The highest BCUT2D eigenvalue weighted by Gasteiger charge is 2.47. The van der Waals surface area contributed by atoms with E-state index in [1.54, 1.807) is 0 Å². The molecule has 0 aromatic rings. The van der Waals surface area contributed by atoms with Crippen LogP contribution in [0.1, 0.15) is 51.9 Å². The fraction of sp³-hybridized carbons (Fsp3) is 0.786. The fourth-order valence-corrected chi connectivity index (χ4v) is 3.57. The molecular formula is C14H20O2. The van der Waals surface area contributed by atoms with Gasteiger partial charge in [0.1, 0.15) is 0 Å². The summed E-state index contributed by atoms with van der Waals surface area (Å²) in [6.07, 6.45) is 13.8. The Labute approximate surface area is 97.7 Å². The Morgan fingerprint density at radius 3 is 2.69 bits per heavy atom. The Hall–Kier alpha value is -0.970. The fourth-order valence-electron chi connectivity index (χ4n) is 3.57. The van der Waals surface area contributed by atoms with Crippen molar-refractivity contribution in [2.75, 3.05) is 0 Å². The van der Waals surface area contributed by atoms with Crippen LogP contribution in [0.15, 0.2) is 0 Å². The van der Waals surface area contributed by atoms with E-state index in [4.69, 9.17) is 11.2 Å². The molecule has 2 heteroatoms. The largest absolute Gasteiger partial charge is 0.446 e. The average Bonchev–Trinajstić information content (AvgIpc) is 2.29. The van der Waals surface area contributed by atoms with Gasteiger partial charge < -0.3 is 4.74 Å². The third-order valence-corrected chi connectivity index (χ3v) is 4.20. The SMILES string of the molecule is C#CC1(OC(C)=O)CCCC2CCCCC21. The van der Waals surface area contributed by atoms with E-state index in [1.165, 1.54) is 32.6 Å². The van der Waals surface area contributed by atoms with Crippen LogP contribution in [0.4, 0.5) is 0 Å². The first-order chi connectivity index (χ1) is 7.68. The van der Waals surface area contributed by atoms with E-state index >= 15 is 0 Å². The van der Waals surface area contributed by atoms with Gasteiger partial charge in [0, 0.05) is 12.8 Å². The molecule has 0 bridgehead atoms. The lowest BCUT2D eigenvalue weighted by molar-refractivity contribution is -0.163. The zero-order chi connectivity index (χ0) is 11.6. The first kappa shape index (κ1) is 11.5. The molecule has 0 heterocycles. The molecule has 3 atom stereocenters. The van der Waals surface area contributed by atoms with Gasteiger partial charge in [-0.25, -0.2) is 0 Å². The lowest BCUT2D eigenvalue weighted by Crippen LogP contribution is -2.48. The number of hydrogen-bond donors (Lipinski definition) is 0. The van der Waals surface area contributed by atoms with E-state index in [2.05, 4.69) is 5.92 Å². The maximum Gasteiger partial charge on any atom is 0.304 e. The number of carbonyl (C=O) groups excluding carboxylic acids is 1. The number of ether oxygens (including phenoxy) is 1. The van der Waals surface area contributed by atoms with Gasteiger partial charge in [-0.2, -0.15) is 0 Å². The third kappa shape index (κ3) is 1.96. The molecule has 0 spiro atoms. The number of terminal acetylenes is 1. The molecule has 3 unspecified atom stereocenters. The molecule has 0 aromatic carbocycles. The Bertz CT molecular complexity index is 313. The van der Waals surface area contributed by atoms with Crippen molar-refractivity contribution in [3.8, 4) is 12.3 Å². The predicted molar refractivity (Wildman–Crippen MR) is 62.6 cm³/mol. The monoisotopic (exact) mass is 220 g/mol. The van der Waals surface area contributed by atoms with Crippen molar-refractivity contribution < 1.29 is 9.53 Å². The smallest absolute Gasteiger partial charge is 0.304 e. The zero-order valence-electron chi connectivity index (χ0n) is 10.00. The minimum Gasteiger partial charge on any atom is -0.446 e. The number of fused-ring (bicyclic) bond motifs is 1. The minimum atomic E-state index is -0.588. The van der Waals surface area contributed by atoms with Crippen molar-refractivity contribution in [1.29, 1.82) is 0 Å². The third-order valence-electron chi connectivity index (χ3n) is 4.20. The van der Waals surface area contributed by atoms with Gasteiger partial charge in [-0.3, -0.25) is 4.79 Å². The molecule has 0 N–H and O–H groups in total. The number of hydrogen-bond acceptors (Lipinski definition) is 2. The van der Waals surface area contributed by atoms with Crippen molar-refractivity contribution in [1.82, 2.24) is 0 Å². The molecule has 2 rings (SSSR count). The van der Waals surface area contributed by atoms with Crippen molar-refractivity contribution in [2.24, 2.45) is 11.8 Å². The summed E-state index contributed by atoms with van der Waals surface area (Å²) in [5, 5.41) is 0. The molecule has 0 aliphatic heterocycles. The van der Waals surface area contributed by atoms with Crippen LogP contribution in [-0.4, -0.2) is 11.6 Å². The maximum absolute atomic E-state index is 11.2. The van der Waals surface area contributed by atoms with Gasteiger partial charge in [0.05, 0.1) is 0 Å². The van der Waals surface area contributed by atoms with Crippen LogP contribution in [0.25, 0.3) is 0 Å². The van der Waals surface area contributed by atoms with Gasteiger partial charge in [-0.1, -0.05) is 18.8 Å². The van der Waals surface area contributed by atoms with Crippen molar-refractivity contribution >= 4 is 5.97 Å². The topological polar surface area (TPSA) is 26.3 Å². The van der Waals surface area contributed by atoms with E-state index in [0.717, 1.165) is 19.3 Å². The van der Waals surface area contributed by atoms with Gasteiger partial charge in [-0.15, -0.1) is 6.42 Å². The molecular weight excluding hydrogens is 200 g/mol. The van der Waals surface area contributed by atoms with Crippen LogP contribution >= 0.6 is 0 Å². The van der Waals surface area contributed by atoms with Gasteiger partial charge in [0.2, 0.25) is 0 Å². The highest BCUT2D eigenvalue weighted by molar-refractivity contribution is 5.67. The van der Waals surface area contributed by atoms with Crippen LogP contribution in [0, 0.1) is 24.2 Å². The molecule has 2 nitrogen and oxygen atoms in total. The molecule has 0 aromatic heterocycles. The predicted octanol–water partition coefficient (Wildman–Crippen LogP) is 2.91. The van der Waals surface area contributed by atoms with Gasteiger partial charge >= 0.3 is 5.97 Å². The first-order valence-electron chi connectivity index (χ1n) is 6.35. The zero-order valence-corrected chi connectivity index (χ0v) is 10.00. The molecule has 88 valence electrons. The summed E-state index contributed by atoms with van der Waals surface area (Å²) in [6.45, 7) is 1.46. The summed E-state index contributed by atoms with van der Waals surface area (Å²) in [4.78, 5) is 11.2. The van der Waals surface area contributed by atoms with E-state index in [-0.39, 0.29) is 5.97 Å². The van der Waals surface area contributed by atoms with E-state index in [1.807, 2.05) is 0 Å². The summed E-state index contributed by atoms with van der Waals surface area (Å²) >= 11 is 0. The standard InChI is InChI=1S/C14H20O2/c1-3-14(16-11(2)15)10-6-8-12-7-4-5-9-13(12)14/h1,12-13H,4-10H2,2H3. The van der Waals surface area contributed by atoms with Gasteiger partial charge in [0.25, 0.3) is 0 Å². The second-order valence-electron chi connectivity index (χ2n) is 5.17. The highest BCUT2D eigenvalue weighted by Crippen LogP contribution is 2.47. The highest BCUT2D eigenvalue weighted by atomic mass is 16.6. The molecule has 0 amide bonds. The van der Waals surface area contributed by atoms with Crippen molar-refractivity contribution in [3.63, 3.8) is 0 Å². The molecule has 2 fully saturated rings. The van der Waals surface area contributed by atoms with Crippen LogP contribution < -0.4 is 0 Å². The van der Waals surface area contributed by atoms with Crippen LogP contribution in [0.5, 0.6) is 0 Å². The van der Waals surface area contributed by atoms with E-state index < -0.39 is 5.60 Å². The second-order valence-corrected chi connectivity index (χ2v) is 5.17. The number of esters is 1. The van der Waals surface area contributed by atoms with Crippen molar-refractivity contribution in [3.05, 3.63) is 0 Å². The molecule has 0 saturated heterocycles. The molecule has 16 heavy (non-hydrogen) atoms. The van der Waals surface area contributed by atoms with E-state index in [9.17, 15) is 4.79 Å². The Kier molecular flexibility index (Phi) is 3.23. The Morgan fingerprint density at radius 1 is 1.31 bits per heavy atom. The lowest BCUT2D eigenvalue weighted by atomic mass is 9.63. The summed E-state index contributed by atoms with van der Waals surface area (Å²) in [5.74, 6) is 3.66. The normalized spacial score (nSPS) is 38.2. The van der Waals surface area contributed by atoms with Crippen LogP contribution in [0.2, 0.25) is 0 Å². The average molecular weight is 220 g/mol. The summed E-state index contributed by atoms with van der Waals surface area (Å²) in [7, 11) is 0. The number of rotatable bonds is 1. The van der Waals surface area contributed by atoms with E-state index in [0.29, 0.717) is 11.8 Å². The quantitative estimate of drug-likeness (QED) is 0.501. The second kappa shape index (κ2) is 4.49. The summed E-state index contributed by atoms with van der Waals surface area (Å²) < 4.78 is 5.52. The van der Waals surface area contributed by atoms with Crippen LogP contribution in [-0.2, 0) is 9.53 Å². The maximum atomic E-state index is 11.2. The Balaban J connectivity index is 2.21. The molecule has 2 saturated carbocycles. The summed E-state index contributed by atoms with van der Waals surface area (Å²) in [6, 6.07) is 0. The first-order valence-corrected chi connectivity index (χ1v) is 6.35. The minimum absolute atomic E-state index is 0.232.